The highest BCUT2D eigenvalue weighted by Crippen LogP contribution is 2.33. The number of amides is 1. The van der Waals surface area contributed by atoms with E-state index >= 15 is 0 Å². The molecule has 0 saturated heterocycles. The number of nitrogen functional groups attached to an aromatic ring is 1. The van der Waals surface area contributed by atoms with E-state index in [9.17, 15) is 9.59 Å². The van der Waals surface area contributed by atoms with E-state index < -0.39 is 5.97 Å². The third kappa shape index (κ3) is 2.77. The number of carboxylic acids is 1. The number of benzene rings is 1. The second-order valence-corrected chi connectivity index (χ2v) is 6.23. The van der Waals surface area contributed by atoms with Crippen LogP contribution in [0.2, 0.25) is 0 Å². The molecule has 0 spiro atoms. The third-order valence-electron chi connectivity index (χ3n) is 2.02. The van der Waals surface area contributed by atoms with E-state index in [1.165, 1.54) is 7.05 Å². The van der Waals surface area contributed by atoms with Crippen molar-refractivity contribution in [3.63, 3.8) is 0 Å². The first kappa shape index (κ1) is 15.2. The lowest BCUT2D eigenvalue weighted by Crippen LogP contribution is -2.23. The molecule has 1 aromatic rings. The summed E-state index contributed by atoms with van der Waals surface area (Å²) in [5.41, 5.74) is 6.52. The van der Waals surface area contributed by atoms with Crippen LogP contribution in [0, 0.1) is 10.7 Å². The fourth-order valence-electron chi connectivity index (χ4n) is 1.20. The van der Waals surface area contributed by atoms with Crippen LogP contribution in [0.25, 0.3) is 0 Å². The monoisotopic (exact) mass is 572 g/mol. The van der Waals surface area contributed by atoms with E-state index in [1.54, 1.807) is 0 Å². The maximum absolute atomic E-state index is 11.7. The molecule has 0 radical (unpaired) electrons. The molecule has 0 aromatic heterocycles. The molecule has 92 valence electrons. The van der Waals surface area contributed by atoms with Crippen LogP contribution in [0.15, 0.2) is 0 Å². The van der Waals surface area contributed by atoms with Crippen molar-refractivity contribution < 1.29 is 14.7 Å². The zero-order valence-corrected chi connectivity index (χ0v) is 14.9. The number of carbonyl (C=O) groups excluding carboxylic acids is 1. The minimum absolute atomic E-state index is 0.0720. The van der Waals surface area contributed by atoms with Crippen molar-refractivity contribution in [3.05, 3.63) is 21.8 Å². The molecule has 0 unspecified atom stereocenters. The molecule has 0 bridgehead atoms. The highest BCUT2D eigenvalue weighted by molar-refractivity contribution is 14.1. The molecule has 0 aliphatic carbocycles. The molecule has 8 heteroatoms. The van der Waals surface area contributed by atoms with Gasteiger partial charge in [0.05, 0.1) is 24.0 Å². The van der Waals surface area contributed by atoms with Gasteiger partial charge in [0.25, 0.3) is 5.91 Å². The smallest absolute Gasteiger partial charge is 0.337 e. The van der Waals surface area contributed by atoms with Crippen molar-refractivity contribution >= 4 is 85.3 Å². The largest absolute Gasteiger partial charge is 0.478 e. The Bertz CT molecular complexity index is 517. The molecule has 1 rings (SSSR count). The van der Waals surface area contributed by atoms with Crippen molar-refractivity contribution in [2.45, 2.75) is 0 Å². The van der Waals surface area contributed by atoms with Gasteiger partial charge in [-0.3, -0.25) is 4.79 Å². The van der Waals surface area contributed by atoms with Crippen molar-refractivity contribution in [3.8, 4) is 0 Å². The molecular formula is C9H7I3N2O3. The highest BCUT2D eigenvalue weighted by Gasteiger charge is 2.25. The number of halogens is 3. The molecule has 1 aromatic carbocycles. The Hall–Kier alpha value is 0.150. The Morgan fingerprint density at radius 3 is 2.00 bits per heavy atom. The maximum atomic E-state index is 11.7. The lowest BCUT2D eigenvalue weighted by atomic mass is 10.1. The number of nitrogens with one attached hydrogen (secondary N) is 1. The molecule has 17 heavy (non-hydrogen) atoms. The second kappa shape index (κ2) is 5.86. The van der Waals surface area contributed by atoms with Crippen LogP contribution in [0.5, 0.6) is 0 Å². The molecule has 4 N–H and O–H groups in total. The first-order valence-corrected chi connectivity index (χ1v) is 7.47. The predicted octanol–water partition coefficient (Wildman–Crippen LogP) is 2.14. The normalized spacial score (nSPS) is 10.1. The second-order valence-electron chi connectivity index (χ2n) is 2.99. The highest BCUT2D eigenvalue weighted by atomic mass is 127. The Morgan fingerprint density at radius 2 is 1.59 bits per heavy atom. The van der Waals surface area contributed by atoms with Crippen molar-refractivity contribution in [1.82, 2.24) is 5.32 Å². The van der Waals surface area contributed by atoms with Crippen molar-refractivity contribution in [1.29, 1.82) is 0 Å². The average molecular weight is 572 g/mol. The Labute approximate surface area is 138 Å². The zero-order valence-electron chi connectivity index (χ0n) is 8.47. The number of carboxylic acid groups (broad SMARTS) is 1. The number of nitrogens with two attached hydrogens (primary N) is 1. The van der Waals surface area contributed by atoms with E-state index in [2.05, 4.69) is 5.32 Å². The third-order valence-corrected chi connectivity index (χ3v) is 5.34. The SMILES string of the molecule is CNC(=O)c1c(I)c(N)c(I)c(C(=O)O)c1I. The van der Waals surface area contributed by atoms with Gasteiger partial charge in [0.15, 0.2) is 0 Å². The Kier molecular flexibility index (Phi) is 5.24. The number of hydrogen-bond donors (Lipinski definition) is 3. The molecule has 0 aliphatic rings. The minimum Gasteiger partial charge on any atom is -0.478 e. The van der Waals surface area contributed by atoms with Gasteiger partial charge in [-0.25, -0.2) is 4.79 Å². The topological polar surface area (TPSA) is 92.4 Å². The Balaban J connectivity index is 3.74. The van der Waals surface area contributed by atoms with Crippen LogP contribution in [0.1, 0.15) is 20.7 Å². The maximum Gasteiger partial charge on any atom is 0.337 e. The summed E-state index contributed by atoms with van der Waals surface area (Å²) < 4.78 is 1.43. The summed E-state index contributed by atoms with van der Waals surface area (Å²) in [5.74, 6) is -1.43. The molecule has 0 saturated carbocycles. The minimum atomic E-state index is -1.09. The molecule has 0 fully saturated rings. The summed E-state index contributed by atoms with van der Waals surface area (Å²) in [5, 5.41) is 11.6. The van der Waals surface area contributed by atoms with Gasteiger partial charge in [0, 0.05) is 10.6 Å². The molecule has 0 aliphatic heterocycles. The number of hydrogen-bond acceptors (Lipinski definition) is 3. The van der Waals surface area contributed by atoms with Gasteiger partial charge in [-0.05, 0) is 67.8 Å². The van der Waals surface area contributed by atoms with Crippen LogP contribution in [-0.4, -0.2) is 24.0 Å². The van der Waals surface area contributed by atoms with Gasteiger partial charge in [0.1, 0.15) is 0 Å². The Morgan fingerprint density at radius 1 is 1.12 bits per heavy atom. The summed E-state index contributed by atoms with van der Waals surface area (Å²) >= 11 is 5.68. The van der Waals surface area contributed by atoms with Crippen LogP contribution in [-0.2, 0) is 0 Å². The van der Waals surface area contributed by atoms with E-state index in [0.29, 0.717) is 22.0 Å². The zero-order chi connectivity index (χ0) is 13.3. The van der Waals surface area contributed by atoms with Gasteiger partial charge in [-0.15, -0.1) is 0 Å². The van der Waals surface area contributed by atoms with Gasteiger partial charge in [0.2, 0.25) is 0 Å². The molecule has 5 nitrogen and oxygen atoms in total. The number of rotatable bonds is 2. The summed E-state index contributed by atoms with van der Waals surface area (Å²) in [6, 6.07) is 0. The van der Waals surface area contributed by atoms with E-state index in [4.69, 9.17) is 10.8 Å². The van der Waals surface area contributed by atoms with Crippen LogP contribution < -0.4 is 11.1 Å². The summed E-state index contributed by atoms with van der Waals surface area (Å²) in [4.78, 5) is 22.9. The van der Waals surface area contributed by atoms with Crippen molar-refractivity contribution in [2.24, 2.45) is 0 Å². The number of carbonyl (C=O) groups is 2. The van der Waals surface area contributed by atoms with Gasteiger partial charge in [-0.2, -0.15) is 0 Å². The summed E-state index contributed by atoms with van der Waals surface area (Å²) in [6.07, 6.45) is 0. The first-order valence-electron chi connectivity index (χ1n) is 4.24. The van der Waals surface area contributed by atoms with E-state index in [-0.39, 0.29) is 11.5 Å². The average Bonchev–Trinajstić information content (AvgIpc) is 2.25. The van der Waals surface area contributed by atoms with Crippen LogP contribution in [0.4, 0.5) is 5.69 Å². The van der Waals surface area contributed by atoms with Crippen LogP contribution in [0.3, 0.4) is 0 Å². The fourth-order valence-corrected chi connectivity index (χ4v) is 5.31. The van der Waals surface area contributed by atoms with E-state index in [0.717, 1.165) is 0 Å². The number of anilines is 1. The van der Waals surface area contributed by atoms with Crippen LogP contribution >= 0.6 is 67.8 Å². The van der Waals surface area contributed by atoms with E-state index in [1.807, 2.05) is 67.8 Å². The van der Waals surface area contributed by atoms with Crippen molar-refractivity contribution in [2.75, 3.05) is 12.8 Å². The summed E-state index contributed by atoms with van der Waals surface area (Å²) in [6.45, 7) is 0. The number of aromatic carboxylic acids is 1. The van der Waals surface area contributed by atoms with Gasteiger partial charge < -0.3 is 16.2 Å². The molecular weight excluding hydrogens is 565 g/mol. The van der Waals surface area contributed by atoms with Gasteiger partial charge in [-0.1, -0.05) is 0 Å². The first-order chi connectivity index (χ1) is 7.82. The molecule has 0 atom stereocenters. The van der Waals surface area contributed by atoms with Gasteiger partial charge >= 0.3 is 5.97 Å². The lowest BCUT2D eigenvalue weighted by Gasteiger charge is -2.14. The quantitative estimate of drug-likeness (QED) is 0.375. The molecule has 1 amide bonds. The standard InChI is InChI=1S/C9H7I3N2O3/c1-14-8(15)2-4(10)3(9(16)17)6(12)7(13)5(2)11/h13H2,1H3,(H,14,15)(H,16,17). The lowest BCUT2D eigenvalue weighted by molar-refractivity contribution is 0.0694. The fraction of sp³-hybridized carbons (Fsp3) is 0.111. The summed E-state index contributed by atoms with van der Waals surface area (Å²) in [7, 11) is 1.49. The predicted molar refractivity (Wildman–Crippen MR) is 89.4 cm³/mol. The molecule has 0 heterocycles.